The minimum atomic E-state index is -0.531. The van der Waals surface area contributed by atoms with Crippen LogP contribution in [0, 0.1) is 5.41 Å². The summed E-state index contributed by atoms with van der Waals surface area (Å²) in [6.45, 7) is 5.65. The SMILES string of the molecule is CC1=C(C(=O)NC2CCCCC2)C(=N)OC1(C)C. The summed E-state index contributed by atoms with van der Waals surface area (Å²) in [5.41, 5.74) is 0.738. The fourth-order valence-electron chi connectivity index (χ4n) is 2.63. The fraction of sp³-hybridized carbons (Fsp3) is 0.714. The molecule has 2 aliphatic rings. The highest BCUT2D eigenvalue weighted by molar-refractivity contribution is 6.19. The third-order valence-corrected chi connectivity index (χ3v) is 4.03. The zero-order valence-electron chi connectivity index (χ0n) is 11.4. The van der Waals surface area contributed by atoms with Crippen molar-refractivity contribution in [3.63, 3.8) is 0 Å². The third-order valence-electron chi connectivity index (χ3n) is 4.03. The smallest absolute Gasteiger partial charge is 0.257 e. The van der Waals surface area contributed by atoms with E-state index < -0.39 is 5.60 Å². The molecule has 1 heterocycles. The molecule has 1 fully saturated rings. The quantitative estimate of drug-likeness (QED) is 0.791. The van der Waals surface area contributed by atoms with Crippen molar-refractivity contribution in [2.75, 3.05) is 0 Å². The molecule has 18 heavy (non-hydrogen) atoms. The van der Waals surface area contributed by atoms with Gasteiger partial charge in [0, 0.05) is 6.04 Å². The van der Waals surface area contributed by atoms with E-state index in [2.05, 4.69) is 5.32 Å². The third kappa shape index (κ3) is 2.42. The van der Waals surface area contributed by atoms with Gasteiger partial charge >= 0.3 is 0 Å². The summed E-state index contributed by atoms with van der Waals surface area (Å²) in [4.78, 5) is 12.2. The van der Waals surface area contributed by atoms with Crippen molar-refractivity contribution in [3.8, 4) is 0 Å². The van der Waals surface area contributed by atoms with Gasteiger partial charge in [-0.15, -0.1) is 0 Å². The normalized spacial score (nSPS) is 24.1. The molecule has 2 N–H and O–H groups in total. The lowest BCUT2D eigenvalue weighted by atomic mass is 9.94. The van der Waals surface area contributed by atoms with Crippen molar-refractivity contribution >= 4 is 11.8 Å². The van der Waals surface area contributed by atoms with E-state index in [1.54, 1.807) is 0 Å². The van der Waals surface area contributed by atoms with E-state index in [0.717, 1.165) is 18.4 Å². The van der Waals surface area contributed by atoms with E-state index in [1.807, 2.05) is 20.8 Å². The largest absolute Gasteiger partial charge is 0.467 e. The maximum atomic E-state index is 12.2. The molecule has 0 atom stereocenters. The molecule has 4 heteroatoms. The summed E-state index contributed by atoms with van der Waals surface area (Å²) >= 11 is 0. The molecule has 0 spiro atoms. The molecule has 2 rings (SSSR count). The summed E-state index contributed by atoms with van der Waals surface area (Å²) in [6, 6.07) is 0.267. The Hall–Kier alpha value is -1.32. The number of amides is 1. The van der Waals surface area contributed by atoms with Crippen LogP contribution in [0.4, 0.5) is 0 Å². The number of carbonyl (C=O) groups excluding carboxylic acids is 1. The first-order valence-electron chi connectivity index (χ1n) is 6.72. The molecule has 0 aromatic heterocycles. The average molecular weight is 250 g/mol. The number of hydrogen-bond acceptors (Lipinski definition) is 3. The molecule has 4 nitrogen and oxygen atoms in total. The van der Waals surface area contributed by atoms with Gasteiger partial charge in [0.15, 0.2) is 0 Å². The molecule has 0 aromatic carbocycles. The van der Waals surface area contributed by atoms with Gasteiger partial charge in [0.25, 0.3) is 5.91 Å². The topological polar surface area (TPSA) is 62.2 Å². The summed E-state index contributed by atoms with van der Waals surface area (Å²) in [7, 11) is 0. The predicted octanol–water partition coefficient (Wildman–Crippen LogP) is 2.54. The number of rotatable bonds is 2. The van der Waals surface area contributed by atoms with E-state index in [0.29, 0.717) is 5.57 Å². The molecule has 100 valence electrons. The molecule has 0 saturated heterocycles. The Morgan fingerprint density at radius 3 is 2.44 bits per heavy atom. The highest BCUT2D eigenvalue weighted by Crippen LogP contribution is 2.32. The van der Waals surface area contributed by atoms with E-state index in [-0.39, 0.29) is 17.8 Å². The van der Waals surface area contributed by atoms with Crippen LogP contribution in [0.25, 0.3) is 0 Å². The zero-order valence-corrected chi connectivity index (χ0v) is 11.4. The molecule has 0 unspecified atom stereocenters. The second-order valence-corrected chi connectivity index (χ2v) is 5.75. The van der Waals surface area contributed by atoms with Crippen LogP contribution >= 0.6 is 0 Å². The molecular formula is C14H22N2O2. The molecule has 1 aliphatic heterocycles. The van der Waals surface area contributed by atoms with Gasteiger partial charge in [0.1, 0.15) is 11.2 Å². The first-order valence-corrected chi connectivity index (χ1v) is 6.72. The Balaban J connectivity index is 2.08. The van der Waals surface area contributed by atoms with Gasteiger partial charge in [-0.05, 0) is 39.2 Å². The van der Waals surface area contributed by atoms with E-state index in [4.69, 9.17) is 10.1 Å². The highest BCUT2D eigenvalue weighted by Gasteiger charge is 2.38. The number of hydrogen-bond donors (Lipinski definition) is 2. The van der Waals surface area contributed by atoms with Crippen molar-refractivity contribution in [2.24, 2.45) is 0 Å². The predicted molar refractivity (Wildman–Crippen MR) is 70.6 cm³/mol. The van der Waals surface area contributed by atoms with Crippen LogP contribution in [0.5, 0.6) is 0 Å². The monoisotopic (exact) mass is 250 g/mol. The van der Waals surface area contributed by atoms with Crippen molar-refractivity contribution in [2.45, 2.75) is 64.5 Å². The lowest BCUT2D eigenvalue weighted by Crippen LogP contribution is -2.38. The lowest BCUT2D eigenvalue weighted by molar-refractivity contribution is -0.117. The lowest BCUT2D eigenvalue weighted by Gasteiger charge is -2.22. The minimum Gasteiger partial charge on any atom is -0.467 e. The summed E-state index contributed by atoms with van der Waals surface area (Å²) < 4.78 is 5.43. The van der Waals surface area contributed by atoms with Crippen molar-refractivity contribution in [1.82, 2.24) is 5.32 Å². The highest BCUT2D eigenvalue weighted by atomic mass is 16.5. The first-order chi connectivity index (χ1) is 8.42. The number of carbonyl (C=O) groups is 1. The second kappa shape index (κ2) is 4.75. The summed E-state index contributed by atoms with van der Waals surface area (Å²) in [5, 5.41) is 10.8. The Kier molecular flexibility index (Phi) is 3.46. The molecular weight excluding hydrogens is 228 g/mol. The van der Waals surface area contributed by atoms with Crippen molar-refractivity contribution in [3.05, 3.63) is 11.1 Å². The number of ether oxygens (including phenoxy) is 1. The van der Waals surface area contributed by atoms with Gasteiger partial charge in [0.2, 0.25) is 5.90 Å². The Labute approximate surface area is 108 Å². The first kappa shape index (κ1) is 13.1. The molecule has 1 aliphatic carbocycles. The van der Waals surface area contributed by atoms with Crippen LogP contribution in [0.1, 0.15) is 52.9 Å². The fourth-order valence-corrected chi connectivity index (χ4v) is 2.63. The summed E-state index contributed by atoms with van der Waals surface area (Å²) in [6.07, 6.45) is 5.73. The molecule has 1 saturated carbocycles. The van der Waals surface area contributed by atoms with Gasteiger partial charge in [0.05, 0.1) is 0 Å². The van der Waals surface area contributed by atoms with Gasteiger partial charge in [-0.3, -0.25) is 10.2 Å². The van der Waals surface area contributed by atoms with Gasteiger partial charge in [-0.1, -0.05) is 19.3 Å². The van der Waals surface area contributed by atoms with Crippen molar-refractivity contribution < 1.29 is 9.53 Å². The van der Waals surface area contributed by atoms with Crippen LogP contribution in [-0.2, 0) is 9.53 Å². The van der Waals surface area contributed by atoms with E-state index in [9.17, 15) is 4.79 Å². The number of nitrogens with one attached hydrogen (secondary N) is 2. The molecule has 0 radical (unpaired) electrons. The van der Waals surface area contributed by atoms with Crippen LogP contribution in [0.2, 0.25) is 0 Å². The Morgan fingerprint density at radius 2 is 1.94 bits per heavy atom. The van der Waals surface area contributed by atoms with Gasteiger partial charge < -0.3 is 10.1 Å². The molecule has 0 aromatic rings. The van der Waals surface area contributed by atoms with Crippen LogP contribution in [0.15, 0.2) is 11.1 Å². The zero-order chi connectivity index (χ0) is 13.3. The van der Waals surface area contributed by atoms with Crippen LogP contribution in [-0.4, -0.2) is 23.4 Å². The average Bonchev–Trinajstić information content (AvgIpc) is 2.49. The minimum absolute atomic E-state index is 0.00538. The second-order valence-electron chi connectivity index (χ2n) is 5.75. The van der Waals surface area contributed by atoms with Gasteiger partial charge in [-0.2, -0.15) is 0 Å². The molecule has 0 bridgehead atoms. The summed E-state index contributed by atoms with van der Waals surface area (Å²) in [5.74, 6) is -0.138. The Morgan fingerprint density at radius 1 is 1.33 bits per heavy atom. The van der Waals surface area contributed by atoms with Gasteiger partial charge in [-0.25, -0.2) is 0 Å². The van der Waals surface area contributed by atoms with Crippen LogP contribution in [0.3, 0.4) is 0 Å². The standard InChI is InChI=1S/C14H22N2O2/c1-9-11(12(15)18-14(9,2)3)13(17)16-10-7-5-4-6-8-10/h10,15H,4-8H2,1-3H3,(H,16,17). The maximum absolute atomic E-state index is 12.2. The van der Waals surface area contributed by atoms with Crippen LogP contribution < -0.4 is 5.32 Å². The maximum Gasteiger partial charge on any atom is 0.257 e. The van der Waals surface area contributed by atoms with Crippen molar-refractivity contribution in [1.29, 1.82) is 5.41 Å². The Bertz CT molecular complexity index is 404. The van der Waals surface area contributed by atoms with E-state index in [1.165, 1.54) is 19.3 Å². The van der Waals surface area contributed by atoms with E-state index >= 15 is 0 Å². The molecule has 1 amide bonds.